The van der Waals surface area contributed by atoms with Crippen LogP contribution in [-0.4, -0.2) is 29.8 Å². The molecule has 1 N–H and O–H groups in total. The van der Waals surface area contributed by atoms with E-state index in [9.17, 15) is 19.7 Å². The third kappa shape index (κ3) is 2.84. The molecular weight excluding hydrogens is 322 g/mol. The smallest absolute Gasteiger partial charge is 0.273 e. The average Bonchev–Trinajstić information content (AvgIpc) is 3.00. The number of para-hydroxylation sites is 1. The number of carbonyl (C=O) groups excluding carboxylic acids is 2. The first-order chi connectivity index (χ1) is 11.9. The summed E-state index contributed by atoms with van der Waals surface area (Å²) in [5, 5.41) is 13.7. The highest BCUT2D eigenvalue weighted by molar-refractivity contribution is 6.11. The summed E-state index contributed by atoms with van der Waals surface area (Å²) in [5.41, 5.74) is 2.10. The summed E-state index contributed by atoms with van der Waals surface area (Å²) < 4.78 is 0. The normalized spacial score (nSPS) is 15.6. The van der Waals surface area contributed by atoms with Crippen LogP contribution in [0.3, 0.4) is 0 Å². The number of hydrogen-bond donors (Lipinski definition) is 1. The molecule has 0 spiro atoms. The van der Waals surface area contributed by atoms with Gasteiger partial charge in [-0.25, -0.2) is 0 Å². The molecule has 1 aliphatic heterocycles. The van der Waals surface area contributed by atoms with E-state index in [4.69, 9.17) is 0 Å². The Kier molecular flexibility index (Phi) is 4.22. The first-order valence-electron chi connectivity index (χ1n) is 7.82. The van der Waals surface area contributed by atoms with E-state index in [1.807, 2.05) is 12.1 Å². The molecule has 3 rings (SSSR count). The number of amides is 2. The number of carbonyl (C=O) groups is 2. The Morgan fingerprint density at radius 3 is 2.64 bits per heavy atom. The molecule has 0 radical (unpaired) electrons. The van der Waals surface area contributed by atoms with Crippen molar-refractivity contribution < 1.29 is 14.5 Å². The van der Waals surface area contributed by atoms with Gasteiger partial charge in [0.25, 0.3) is 11.6 Å². The van der Waals surface area contributed by atoms with Crippen molar-refractivity contribution in [3.63, 3.8) is 0 Å². The Morgan fingerprint density at radius 2 is 1.96 bits per heavy atom. The lowest BCUT2D eigenvalue weighted by Crippen LogP contribution is -2.47. The molecule has 0 bridgehead atoms. The standard InChI is InChI=1S/C18H17N3O4/c1-11-7-8-13(10-15(11)21(24)25)18(23)20-14-6-4-3-5-12(14)9-16(20)17(22)19-2/h3-8,10,16H,9H2,1-2H3,(H,19,22). The Bertz CT molecular complexity index is 878. The molecule has 0 saturated heterocycles. The predicted octanol–water partition coefficient (Wildman–Crippen LogP) is 2.22. The zero-order chi connectivity index (χ0) is 18.1. The molecule has 0 aliphatic carbocycles. The van der Waals surface area contributed by atoms with Crippen molar-refractivity contribution in [2.45, 2.75) is 19.4 Å². The van der Waals surface area contributed by atoms with E-state index in [0.717, 1.165) is 5.56 Å². The van der Waals surface area contributed by atoms with Crippen LogP contribution in [0.15, 0.2) is 42.5 Å². The minimum atomic E-state index is -0.671. The van der Waals surface area contributed by atoms with Gasteiger partial charge in [0.05, 0.1) is 4.92 Å². The number of likely N-dealkylation sites (N-methyl/N-ethyl adjacent to an activating group) is 1. The van der Waals surface area contributed by atoms with E-state index in [1.165, 1.54) is 18.0 Å². The second kappa shape index (κ2) is 6.35. The molecule has 7 heteroatoms. The lowest BCUT2D eigenvalue weighted by atomic mass is 10.1. The van der Waals surface area contributed by atoms with E-state index in [2.05, 4.69) is 5.32 Å². The van der Waals surface area contributed by atoms with Crippen LogP contribution in [0.1, 0.15) is 21.5 Å². The Hall–Kier alpha value is -3.22. The van der Waals surface area contributed by atoms with Gasteiger partial charge in [0.1, 0.15) is 6.04 Å². The maximum Gasteiger partial charge on any atom is 0.273 e. The number of rotatable bonds is 3. The fourth-order valence-corrected chi connectivity index (χ4v) is 3.09. The third-order valence-corrected chi connectivity index (χ3v) is 4.40. The van der Waals surface area contributed by atoms with Gasteiger partial charge >= 0.3 is 0 Å². The summed E-state index contributed by atoms with van der Waals surface area (Å²) in [6, 6.07) is 11.0. The molecule has 128 valence electrons. The number of aryl methyl sites for hydroxylation is 1. The molecule has 1 heterocycles. The zero-order valence-corrected chi connectivity index (χ0v) is 13.9. The van der Waals surface area contributed by atoms with Crippen molar-refractivity contribution >= 4 is 23.2 Å². The summed E-state index contributed by atoms with van der Waals surface area (Å²) in [7, 11) is 1.52. The van der Waals surface area contributed by atoms with Gasteiger partial charge in [-0.3, -0.25) is 24.6 Å². The van der Waals surface area contributed by atoms with Gasteiger partial charge in [-0.15, -0.1) is 0 Å². The molecule has 1 unspecified atom stereocenters. The van der Waals surface area contributed by atoms with E-state index in [-0.39, 0.29) is 17.2 Å². The van der Waals surface area contributed by atoms with Gasteiger partial charge in [-0.1, -0.05) is 24.3 Å². The van der Waals surface area contributed by atoms with Crippen molar-refractivity contribution in [1.29, 1.82) is 0 Å². The van der Waals surface area contributed by atoms with Crippen molar-refractivity contribution in [3.8, 4) is 0 Å². The number of fused-ring (bicyclic) bond motifs is 1. The van der Waals surface area contributed by atoms with Crippen molar-refractivity contribution in [1.82, 2.24) is 5.32 Å². The third-order valence-electron chi connectivity index (χ3n) is 4.40. The van der Waals surface area contributed by atoms with E-state index >= 15 is 0 Å². The molecule has 2 aromatic rings. The summed E-state index contributed by atoms with van der Waals surface area (Å²) in [6.45, 7) is 1.62. The van der Waals surface area contributed by atoms with E-state index in [1.54, 1.807) is 31.2 Å². The van der Waals surface area contributed by atoms with Gasteiger partial charge < -0.3 is 5.32 Å². The number of nitrogens with zero attached hydrogens (tertiary/aromatic N) is 2. The van der Waals surface area contributed by atoms with Gasteiger partial charge in [0.2, 0.25) is 5.91 Å². The number of benzene rings is 2. The fraction of sp³-hybridized carbons (Fsp3) is 0.222. The van der Waals surface area contributed by atoms with E-state index in [0.29, 0.717) is 17.7 Å². The molecule has 1 aliphatic rings. The minimum absolute atomic E-state index is 0.116. The number of anilines is 1. The second-order valence-corrected chi connectivity index (χ2v) is 5.90. The maximum atomic E-state index is 13.0. The summed E-state index contributed by atoms with van der Waals surface area (Å²) in [6.07, 6.45) is 0.412. The molecule has 0 saturated carbocycles. The first-order valence-corrected chi connectivity index (χ1v) is 7.82. The van der Waals surface area contributed by atoms with E-state index < -0.39 is 16.9 Å². The lowest BCUT2D eigenvalue weighted by Gasteiger charge is -2.24. The Morgan fingerprint density at radius 1 is 1.24 bits per heavy atom. The average molecular weight is 339 g/mol. The highest BCUT2D eigenvalue weighted by Crippen LogP contribution is 2.34. The predicted molar refractivity (Wildman–Crippen MR) is 92.6 cm³/mol. The van der Waals surface area contributed by atoms with Crippen molar-refractivity contribution in [3.05, 3.63) is 69.3 Å². The summed E-state index contributed by atoms with van der Waals surface area (Å²) >= 11 is 0. The summed E-state index contributed by atoms with van der Waals surface area (Å²) in [5.74, 6) is -0.701. The number of hydrogen-bond acceptors (Lipinski definition) is 4. The minimum Gasteiger partial charge on any atom is -0.357 e. The van der Waals surface area contributed by atoms with Crippen molar-refractivity contribution in [2.75, 3.05) is 11.9 Å². The van der Waals surface area contributed by atoms with Crippen LogP contribution in [0.5, 0.6) is 0 Å². The zero-order valence-electron chi connectivity index (χ0n) is 13.9. The molecule has 2 amide bonds. The molecule has 0 fully saturated rings. The SMILES string of the molecule is CNC(=O)C1Cc2ccccc2N1C(=O)c1ccc(C)c([N+](=O)[O-])c1. The monoisotopic (exact) mass is 339 g/mol. The van der Waals surface area contributed by atoms with Crippen LogP contribution in [0.4, 0.5) is 11.4 Å². The quantitative estimate of drug-likeness (QED) is 0.685. The second-order valence-electron chi connectivity index (χ2n) is 5.90. The Balaban J connectivity index is 2.06. The number of nitro groups is 1. The Labute approximate surface area is 144 Å². The molecule has 0 aromatic heterocycles. The van der Waals surface area contributed by atoms with Crippen LogP contribution in [0.2, 0.25) is 0 Å². The highest BCUT2D eigenvalue weighted by atomic mass is 16.6. The van der Waals surface area contributed by atoms with Crippen LogP contribution < -0.4 is 10.2 Å². The summed E-state index contributed by atoms with van der Waals surface area (Å²) in [4.78, 5) is 37.4. The van der Waals surface area contributed by atoms with Crippen LogP contribution in [0.25, 0.3) is 0 Å². The van der Waals surface area contributed by atoms with Crippen LogP contribution >= 0.6 is 0 Å². The fourth-order valence-electron chi connectivity index (χ4n) is 3.09. The highest BCUT2D eigenvalue weighted by Gasteiger charge is 2.38. The van der Waals surface area contributed by atoms with Gasteiger partial charge in [0.15, 0.2) is 0 Å². The topological polar surface area (TPSA) is 92.6 Å². The molecule has 2 aromatic carbocycles. The van der Waals surface area contributed by atoms with Gasteiger partial charge in [0, 0.05) is 36.3 Å². The largest absolute Gasteiger partial charge is 0.357 e. The van der Waals surface area contributed by atoms with Crippen molar-refractivity contribution in [2.24, 2.45) is 0 Å². The molecule has 7 nitrogen and oxygen atoms in total. The maximum absolute atomic E-state index is 13.0. The van der Waals surface area contributed by atoms with Gasteiger partial charge in [-0.2, -0.15) is 0 Å². The molecular formula is C18H17N3O4. The first kappa shape index (κ1) is 16.6. The number of nitro benzene ring substituents is 1. The lowest BCUT2D eigenvalue weighted by molar-refractivity contribution is -0.385. The van der Waals surface area contributed by atoms with Gasteiger partial charge in [-0.05, 0) is 24.6 Å². The van der Waals surface area contributed by atoms with Crippen LogP contribution in [-0.2, 0) is 11.2 Å². The van der Waals surface area contributed by atoms with Crippen LogP contribution in [0, 0.1) is 17.0 Å². The number of nitrogens with one attached hydrogen (secondary N) is 1. The molecule has 25 heavy (non-hydrogen) atoms. The molecule has 1 atom stereocenters.